The van der Waals surface area contributed by atoms with Crippen LogP contribution in [-0.4, -0.2) is 49.4 Å². The molecule has 0 aromatic heterocycles. The number of hydrogen-bond acceptors (Lipinski definition) is 8. The monoisotopic (exact) mass is 470 g/mol. The number of carboxylic acid groups (broad SMARTS) is 1. The van der Waals surface area contributed by atoms with Gasteiger partial charge in [0.1, 0.15) is 17.7 Å². The highest BCUT2D eigenvalue weighted by Crippen LogP contribution is 2.54. The van der Waals surface area contributed by atoms with Gasteiger partial charge in [-0.15, -0.1) is 0 Å². The van der Waals surface area contributed by atoms with E-state index in [0.717, 1.165) is 0 Å². The number of nitro groups is 1. The van der Waals surface area contributed by atoms with Gasteiger partial charge in [0.2, 0.25) is 5.91 Å². The number of nitrogens with zero attached hydrogens (tertiary/aromatic N) is 2. The zero-order valence-electron chi connectivity index (χ0n) is 17.2. The lowest BCUT2D eigenvalue weighted by molar-refractivity contribution is -0.384. The Bertz CT molecular complexity index is 1170. The average Bonchev–Trinajstić information content (AvgIpc) is 3.12. The summed E-state index contributed by atoms with van der Waals surface area (Å²) in [5.74, 6) is -2.94. The van der Waals surface area contributed by atoms with Gasteiger partial charge in [-0.1, -0.05) is 23.9 Å². The van der Waals surface area contributed by atoms with Crippen molar-refractivity contribution in [3.8, 4) is 0 Å². The number of hydrogen-bond donors (Lipinski definition) is 2. The molecule has 1 amide bonds. The third-order valence-electron chi connectivity index (χ3n) is 5.40. The lowest BCUT2D eigenvalue weighted by Gasteiger charge is -2.43. The highest BCUT2D eigenvalue weighted by Gasteiger charge is 2.58. The molecule has 2 aliphatic heterocycles. The van der Waals surface area contributed by atoms with Crippen LogP contribution in [0.15, 0.2) is 54.2 Å². The second kappa shape index (κ2) is 8.68. The Hall–Kier alpha value is -3.70. The van der Waals surface area contributed by atoms with Crippen LogP contribution < -0.4 is 0 Å². The van der Waals surface area contributed by atoms with Gasteiger partial charge in [0.25, 0.3) is 5.69 Å². The quantitative estimate of drug-likeness (QED) is 0.270. The molecule has 33 heavy (non-hydrogen) atoms. The van der Waals surface area contributed by atoms with Crippen molar-refractivity contribution in [2.75, 3.05) is 0 Å². The summed E-state index contributed by atoms with van der Waals surface area (Å²) in [7, 11) is 0. The van der Waals surface area contributed by atoms with Gasteiger partial charge in [0.15, 0.2) is 0 Å². The minimum absolute atomic E-state index is 0.0249. The summed E-state index contributed by atoms with van der Waals surface area (Å²) >= 11 is 1.23. The number of carbonyl (C=O) groups is 3. The van der Waals surface area contributed by atoms with Crippen LogP contribution in [0.2, 0.25) is 0 Å². The number of amides is 1. The van der Waals surface area contributed by atoms with E-state index in [-0.39, 0.29) is 23.6 Å². The summed E-state index contributed by atoms with van der Waals surface area (Å²) in [6.45, 7) is 1.34. The number of nitro benzene ring substituents is 1. The molecular weight excluding hydrogens is 452 g/mol. The van der Waals surface area contributed by atoms with Crippen molar-refractivity contribution in [3.05, 3.63) is 81.0 Å². The van der Waals surface area contributed by atoms with Gasteiger partial charge in [-0.05, 0) is 42.3 Å². The van der Waals surface area contributed by atoms with Gasteiger partial charge >= 0.3 is 11.9 Å². The first kappa shape index (κ1) is 22.5. The number of β-lactam (4-membered cyclic amide) rings is 1. The lowest BCUT2D eigenvalue weighted by atomic mass is 9.92. The number of rotatable bonds is 7. The highest BCUT2D eigenvalue weighted by molar-refractivity contribution is 8.09. The number of fused-ring (bicyclic) bond motifs is 1. The number of thioether (sulfide) groups is 1. The molecule has 4 rings (SSSR count). The average molecular weight is 470 g/mol. The Morgan fingerprint density at radius 1 is 1.18 bits per heavy atom. The molecule has 2 heterocycles. The molecule has 170 valence electrons. The van der Waals surface area contributed by atoms with E-state index < -0.39 is 40.2 Å². The predicted octanol–water partition coefficient (Wildman–Crippen LogP) is 2.62. The molecule has 0 unspecified atom stereocenters. The maximum Gasteiger partial charge on any atom is 0.356 e. The molecule has 3 atom stereocenters. The van der Waals surface area contributed by atoms with Gasteiger partial charge in [-0.25, -0.2) is 9.59 Å². The number of ether oxygens (including phenoxy) is 1. The molecule has 2 aliphatic rings. The third kappa shape index (κ3) is 4.08. The first-order valence-corrected chi connectivity index (χ1v) is 10.7. The topological polar surface area (TPSA) is 147 Å². The highest BCUT2D eigenvalue weighted by atomic mass is 32.2. The fraction of sp³-hybridized carbons (Fsp3) is 0.227. The number of non-ortho nitro benzene ring substituents is 1. The predicted molar refractivity (Wildman–Crippen MR) is 117 cm³/mol. The summed E-state index contributed by atoms with van der Waals surface area (Å²) in [6.07, 6.45) is -0.905. The van der Waals surface area contributed by atoms with Crippen LogP contribution in [0.25, 0.3) is 4.91 Å². The van der Waals surface area contributed by atoms with Crippen molar-refractivity contribution in [1.82, 2.24) is 4.90 Å². The molecule has 10 nitrogen and oxygen atoms in total. The van der Waals surface area contributed by atoms with Gasteiger partial charge in [-0.2, -0.15) is 0 Å². The zero-order valence-corrected chi connectivity index (χ0v) is 18.0. The number of aliphatic hydroxyl groups is 1. The Labute approximate surface area is 191 Å². The first-order valence-electron chi connectivity index (χ1n) is 9.85. The summed E-state index contributed by atoms with van der Waals surface area (Å²) in [4.78, 5) is 48.8. The van der Waals surface area contributed by atoms with E-state index in [2.05, 4.69) is 0 Å². The summed E-state index contributed by atoms with van der Waals surface area (Å²) in [5, 5.41) is 29.4. The zero-order chi connectivity index (χ0) is 23.9. The molecule has 0 radical (unpaired) electrons. The summed E-state index contributed by atoms with van der Waals surface area (Å²) in [6, 6.07) is 11.4. The first-order chi connectivity index (χ1) is 15.7. The van der Waals surface area contributed by atoms with E-state index >= 15 is 0 Å². The molecule has 0 bridgehead atoms. The molecule has 1 saturated heterocycles. The van der Waals surface area contributed by atoms with Crippen LogP contribution in [-0.2, 0) is 20.9 Å². The summed E-state index contributed by atoms with van der Waals surface area (Å²) < 4.78 is 5.39. The van der Waals surface area contributed by atoms with Crippen LogP contribution in [0.1, 0.15) is 28.4 Å². The van der Waals surface area contributed by atoms with E-state index in [1.807, 2.05) is 0 Å². The molecule has 0 spiro atoms. The number of benzene rings is 2. The Kier molecular flexibility index (Phi) is 5.91. The fourth-order valence-corrected chi connectivity index (χ4v) is 5.28. The van der Waals surface area contributed by atoms with Crippen LogP contribution in [0.4, 0.5) is 5.69 Å². The largest absolute Gasteiger partial charge is 0.478 e. The van der Waals surface area contributed by atoms with E-state index in [1.165, 1.54) is 60.0 Å². The van der Waals surface area contributed by atoms with Gasteiger partial charge in [0, 0.05) is 17.0 Å². The molecular formula is C22H18N2O8S. The van der Waals surface area contributed by atoms with E-state index in [1.54, 1.807) is 12.1 Å². The number of carboxylic acids is 1. The third-order valence-corrected chi connectivity index (χ3v) is 6.81. The van der Waals surface area contributed by atoms with Crippen molar-refractivity contribution in [1.29, 1.82) is 0 Å². The molecule has 0 aliphatic carbocycles. The molecule has 11 heteroatoms. The minimum Gasteiger partial charge on any atom is -0.478 e. The second-order valence-electron chi connectivity index (χ2n) is 7.54. The number of esters is 1. The SMILES string of the molecule is C[C@@H](O)[C@H]1C(=O)N2C(C(=O)OCc3ccc([N+](=O)[O-])cc3)=C(c3ccc(C(=O)O)cc3)S[C@H]12. The van der Waals surface area contributed by atoms with Crippen molar-refractivity contribution < 1.29 is 34.3 Å². The molecule has 1 fully saturated rings. The molecule has 2 N–H and O–H groups in total. The molecule has 2 aromatic rings. The van der Waals surface area contributed by atoms with E-state index in [4.69, 9.17) is 9.84 Å². The second-order valence-corrected chi connectivity index (χ2v) is 8.67. The Balaban J connectivity index is 1.61. The van der Waals surface area contributed by atoms with Crippen LogP contribution in [0.3, 0.4) is 0 Å². The fourth-order valence-electron chi connectivity index (χ4n) is 3.67. The maximum atomic E-state index is 13.0. The van der Waals surface area contributed by atoms with Crippen molar-refractivity contribution in [2.24, 2.45) is 5.92 Å². The normalized spacial score (nSPS) is 20.2. The van der Waals surface area contributed by atoms with Crippen LogP contribution >= 0.6 is 11.8 Å². The number of carbonyl (C=O) groups excluding carboxylic acids is 2. The minimum atomic E-state index is -1.09. The van der Waals surface area contributed by atoms with Crippen LogP contribution in [0.5, 0.6) is 0 Å². The smallest absolute Gasteiger partial charge is 0.356 e. The Morgan fingerprint density at radius 3 is 2.36 bits per heavy atom. The van der Waals surface area contributed by atoms with E-state index in [0.29, 0.717) is 16.0 Å². The van der Waals surface area contributed by atoms with Crippen molar-refractivity contribution >= 4 is 40.2 Å². The van der Waals surface area contributed by atoms with Crippen molar-refractivity contribution in [3.63, 3.8) is 0 Å². The number of aliphatic hydroxyl groups excluding tert-OH is 1. The molecule has 2 aromatic carbocycles. The van der Waals surface area contributed by atoms with Gasteiger partial charge < -0.3 is 14.9 Å². The van der Waals surface area contributed by atoms with Gasteiger partial charge in [0.05, 0.1) is 22.5 Å². The lowest BCUT2D eigenvalue weighted by Crippen LogP contribution is -2.60. The maximum absolute atomic E-state index is 13.0. The van der Waals surface area contributed by atoms with Crippen molar-refractivity contribution in [2.45, 2.75) is 25.0 Å². The Morgan fingerprint density at radius 2 is 1.82 bits per heavy atom. The van der Waals surface area contributed by atoms with E-state index in [9.17, 15) is 29.6 Å². The van der Waals surface area contributed by atoms with Crippen LogP contribution in [0, 0.1) is 16.0 Å². The standard InChI is InChI=1S/C22H18N2O8S/c1-11(25)16-19(26)23-17(22(29)32-10-12-2-8-15(9-3-12)24(30)31)18(33-20(16)23)13-4-6-14(7-5-13)21(27)28/h2-9,11,16,20,25H,10H2,1H3,(H,27,28)/t11-,16+,20-/m1/s1. The van der Waals surface area contributed by atoms with Gasteiger partial charge in [-0.3, -0.25) is 19.8 Å². The summed E-state index contributed by atoms with van der Waals surface area (Å²) in [5.41, 5.74) is 1.08. The molecule has 0 saturated carbocycles. The number of aromatic carboxylic acids is 1.